The van der Waals surface area contributed by atoms with E-state index in [2.05, 4.69) is 10.3 Å². The summed E-state index contributed by atoms with van der Waals surface area (Å²) in [5, 5.41) is 13.7. The van der Waals surface area contributed by atoms with Gasteiger partial charge in [0.05, 0.1) is 22.4 Å². The molecule has 1 aliphatic heterocycles. The van der Waals surface area contributed by atoms with Crippen LogP contribution in [0.15, 0.2) is 41.4 Å². The second-order valence-corrected chi connectivity index (χ2v) is 6.90. The van der Waals surface area contributed by atoms with E-state index in [9.17, 15) is 4.39 Å². The summed E-state index contributed by atoms with van der Waals surface area (Å²) < 4.78 is 19.3. The van der Waals surface area contributed by atoms with Crippen molar-refractivity contribution in [3.8, 4) is 11.8 Å². The van der Waals surface area contributed by atoms with Crippen LogP contribution in [0.5, 0.6) is 5.75 Å². The third-order valence-electron chi connectivity index (χ3n) is 3.79. The number of nitrogens with one attached hydrogen (secondary N) is 1. The van der Waals surface area contributed by atoms with Crippen molar-refractivity contribution in [2.24, 2.45) is 0 Å². The molecule has 1 aromatic carbocycles. The minimum atomic E-state index is -0.533. The summed E-state index contributed by atoms with van der Waals surface area (Å²) in [5.74, 6) is -0.401. The molecule has 1 aliphatic rings. The highest BCUT2D eigenvalue weighted by molar-refractivity contribution is 7.99. The Bertz CT molecular complexity index is 741. The minimum Gasteiger partial charge on any atom is -0.484 e. The number of thioether (sulfide) groups is 1. The van der Waals surface area contributed by atoms with Gasteiger partial charge in [-0.25, -0.2) is 9.37 Å². The molecule has 124 valence electrons. The van der Waals surface area contributed by atoms with Gasteiger partial charge in [-0.05, 0) is 56.3 Å². The number of nitrogens with zero attached hydrogens (tertiary/aromatic N) is 2. The first-order chi connectivity index (χ1) is 11.7. The van der Waals surface area contributed by atoms with Crippen LogP contribution in [0.2, 0.25) is 0 Å². The second-order valence-electron chi connectivity index (χ2n) is 5.58. The highest BCUT2D eigenvalue weighted by Crippen LogP contribution is 2.27. The van der Waals surface area contributed by atoms with E-state index in [0.29, 0.717) is 5.25 Å². The van der Waals surface area contributed by atoms with E-state index in [4.69, 9.17) is 10.00 Å². The molecular weight excluding hydrogens is 325 g/mol. The zero-order valence-electron chi connectivity index (χ0n) is 13.2. The Morgan fingerprint density at radius 3 is 2.88 bits per heavy atom. The van der Waals surface area contributed by atoms with Crippen LogP contribution in [-0.2, 0) is 6.61 Å². The summed E-state index contributed by atoms with van der Waals surface area (Å²) in [4.78, 5) is 4.59. The SMILES string of the molecule is N#Cc1ccc(OCc2cccc(SC3CCNCC3)n2)c(F)c1. The first-order valence-electron chi connectivity index (χ1n) is 7.90. The lowest BCUT2D eigenvalue weighted by Gasteiger charge is -2.21. The summed E-state index contributed by atoms with van der Waals surface area (Å²) in [6, 6.07) is 11.9. The number of ether oxygens (including phenoxy) is 1. The number of rotatable bonds is 5. The van der Waals surface area contributed by atoms with Crippen LogP contribution in [0.4, 0.5) is 4.39 Å². The van der Waals surface area contributed by atoms with Gasteiger partial charge in [-0.15, -0.1) is 11.8 Å². The third kappa shape index (κ3) is 4.47. The predicted octanol–water partition coefficient (Wildman–Crippen LogP) is 3.52. The molecule has 0 aliphatic carbocycles. The fourth-order valence-corrected chi connectivity index (χ4v) is 3.67. The quantitative estimate of drug-likeness (QED) is 0.900. The molecule has 2 aromatic rings. The Morgan fingerprint density at radius 1 is 1.29 bits per heavy atom. The molecule has 1 N–H and O–H groups in total. The first kappa shape index (κ1) is 16.7. The van der Waals surface area contributed by atoms with Crippen LogP contribution in [-0.4, -0.2) is 23.3 Å². The van der Waals surface area contributed by atoms with Gasteiger partial charge in [-0.3, -0.25) is 0 Å². The Labute approximate surface area is 145 Å². The Balaban J connectivity index is 1.61. The number of aromatic nitrogens is 1. The molecule has 1 fully saturated rings. The van der Waals surface area contributed by atoms with E-state index in [0.717, 1.165) is 36.7 Å². The van der Waals surface area contributed by atoms with Gasteiger partial charge in [0.2, 0.25) is 0 Å². The molecule has 1 saturated heterocycles. The van der Waals surface area contributed by atoms with E-state index < -0.39 is 5.82 Å². The highest BCUT2D eigenvalue weighted by atomic mass is 32.2. The summed E-state index contributed by atoms with van der Waals surface area (Å²) in [5.41, 5.74) is 1.04. The van der Waals surface area contributed by atoms with E-state index >= 15 is 0 Å². The maximum Gasteiger partial charge on any atom is 0.166 e. The number of hydrogen-bond acceptors (Lipinski definition) is 5. The van der Waals surface area contributed by atoms with Crippen LogP contribution in [0.1, 0.15) is 24.1 Å². The van der Waals surface area contributed by atoms with Crippen LogP contribution < -0.4 is 10.1 Å². The lowest BCUT2D eigenvalue weighted by atomic mass is 10.2. The van der Waals surface area contributed by atoms with Gasteiger partial charge in [-0.1, -0.05) is 6.07 Å². The van der Waals surface area contributed by atoms with Crippen molar-refractivity contribution in [2.75, 3.05) is 13.1 Å². The lowest BCUT2D eigenvalue weighted by molar-refractivity contribution is 0.285. The van der Waals surface area contributed by atoms with Crippen molar-refractivity contribution in [2.45, 2.75) is 29.7 Å². The average molecular weight is 343 g/mol. The molecule has 24 heavy (non-hydrogen) atoms. The molecule has 2 heterocycles. The van der Waals surface area contributed by atoms with Crippen molar-refractivity contribution in [1.29, 1.82) is 5.26 Å². The summed E-state index contributed by atoms with van der Waals surface area (Å²) >= 11 is 1.79. The van der Waals surface area contributed by atoms with E-state index in [-0.39, 0.29) is 17.9 Å². The Kier molecular flexibility index (Phi) is 5.68. The standard InChI is InChI=1S/C18H18FN3OS/c19-16-10-13(11-20)4-5-17(16)23-12-14-2-1-3-18(22-14)24-15-6-8-21-9-7-15/h1-5,10,15,21H,6-9,12H2. The van der Waals surface area contributed by atoms with Crippen molar-refractivity contribution in [3.63, 3.8) is 0 Å². The fourth-order valence-electron chi connectivity index (χ4n) is 2.53. The second kappa shape index (κ2) is 8.13. The van der Waals surface area contributed by atoms with Gasteiger partial charge in [0.15, 0.2) is 11.6 Å². The third-order valence-corrected chi connectivity index (χ3v) is 5.06. The molecule has 0 spiro atoms. The molecule has 6 heteroatoms. The van der Waals surface area contributed by atoms with E-state index in [1.165, 1.54) is 18.2 Å². The highest BCUT2D eigenvalue weighted by Gasteiger charge is 2.15. The fraction of sp³-hybridized carbons (Fsp3) is 0.333. The number of halogens is 1. The zero-order valence-corrected chi connectivity index (χ0v) is 14.0. The van der Waals surface area contributed by atoms with Gasteiger partial charge < -0.3 is 10.1 Å². The molecule has 3 rings (SSSR count). The van der Waals surface area contributed by atoms with Crippen LogP contribution in [0.25, 0.3) is 0 Å². The largest absolute Gasteiger partial charge is 0.484 e. The Morgan fingerprint density at radius 2 is 2.12 bits per heavy atom. The molecule has 0 amide bonds. The molecule has 0 bridgehead atoms. The van der Waals surface area contributed by atoms with Crippen molar-refractivity contribution in [3.05, 3.63) is 53.5 Å². The molecule has 1 aromatic heterocycles. The monoisotopic (exact) mass is 343 g/mol. The molecular formula is C18H18FN3OS. The molecule has 0 saturated carbocycles. The van der Waals surface area contributed by atoms with Gasteiger partial charge in [-0.2, -0.15) is 5.26 Å². The Hall–Kier alpha value is -2.10. The normalized spacial score (nSPS) is 15.0. The topological polar surface area (TPSA) is 57.9 Å². The van der Waals surface area contributed by atoms with Crippen molar-refractivity contribution < 1.29 is 9.13 Å². The van der Waals surface area contributed by atoms with Crippen LogP contribution in [0.3, 0.4) is 0 Å². The van der Waals surface area contributed by atoms with Gasteiger partial charge in [0.25, 0.3) is 0 Å². The van der Waals surface area contributed by atoms with Gasteiger partial charge in [0, 0.05) is 5.25 Å². The molecule has 0 radical (unpaired) electrons. The number of benzene rings is 1. The smallest absolute Gasteiger partial charge is 0.166 e. The molecule has 4 nitrogen and oxygen atoms in total. The number of nitriles is 1. The minimum absolute atomic E-state index is 0.132. The summed E-state index contributed by atoms with van der Waals surface area (Å²) in [6.07, 6.45) is 2.28. The van der Waals surface area contributed by atoms with Gasteiger partial charge in [0.1, 0.15) is 6.61 Å². The molecule has 0 unspecified atom stereocenters. The van der Waals surface area contributed by atoms with Crippen molar-refractivity contribution in [1.82, 2.24) is 10.3 Å². The summed E-state index contributed by atoms with van der Waals surface area (Å²) in [6.45, 7) is 2.31. The maximum absolute atomic E-state index is 13.8. The van der Waals surface area contributed by atoms with Gasteiger partial charge >= 0.3 is 0 Å². The van der Waals surface area contributed by atoms with Crippen LogP contribution in [0, 0.1) is 17.1 Å². The predicted molar refractivity (Wildman–Crippen MR) is 91.4 cm³/mol. The zero-order chi connectivity index (χ0) is 16.8. The van der Waals surface area contributed by atoms with Crippen molar-refractivity contribution >= 4 is 11.8 Å². The lowest BCUT2D eigenvalue weighted by Crippen LogP contribution is -2.29. The van der Waals surface area contributed by atoms with E-state index in [1.54, 1.807) is 11.8 Å². The number of piperidine rings is 1. The first-order valence-corrected chi connectivity index (χ1v) is 8.78. The number of hydrogen-bond donors (Lipinski definition) is 1. The average Bonchev–Trinajstić information content (AvgIpc) is 2.62. The maximum atomic E-state index is 13.8. The summed E-state index contributed by atoms with van der Waals surface area (Å²) in [7, 11) is 0. The molecule has 0 atom stereocenters. The number of pyridine rings is 1. The van der Waals surface area contributed by atoms with E-state index in [1.807, 2.05) is 24.3 Å². The van der Waals surface area contributed by atoms with Crippen LogP contribution >= 0.6 is 11.8 Å².